The largest absolute Gasteiger partial charge is 0.496 e. The van der Waals surface area contributed by atoms with Crippen molar-refractivity contribution < 1.29 is 9.47 Å². The van der Waals surface area contributed by atoms with Gasteiger partial charge in [0, 0.05) is 11.1 Å². The molecule has 0 atom stereocenters. The molecule has 1 heterocycles. The van der Waals surface area contributed by atoms with Crippen molar-refractivity contribution in [1.82, 2.24) is 9.97 Å². The van der Waals surface area contributed by atoms with Gasteiger partial charge in [-0.1, -0.05) is 29.8 Å². The molecule has 0 aliphatic heterocycles. The number of benzene rings is 3. The third kappa shape index (κ3) is 3.26. The second-order valence-corrected chi connectivity index (χ2v) is 6.23. The van der Waals surface area contributed by atoms with E-state index in [9.17, 15) is 0 Å². The van der Waals surface area contributed by atoms with Crippen LogP contribution in [0.5, 0.6) is 11.5 Å². The number of aromatic nitrogens is 2. The highest BCUT2D eigenvalue weighted by Gasteiger charge is 2.10. The van der Waals surface area contributed by atoms with E-state index in [1.54, 1.807) is 7.11 Å². The summed E-state index contributed by atoms with van der Waals surface area (Å²) in [7, 11) is 1.67. The SMILES string of the molecule is COc1ccc(-c2nc3ccccc3[nH]2)cc1COc1ccc(C)cc1. The molecule has 1 N–H and O–H groups in total. The van der Waals surface area contributed by atoms with E-state index < -0.39 is 0 Å². The Bertz CT molecular complexity index is 1000. The summed E-state index contributed by atoms with van der Waals surface area (Å²) >= 11 is 0. The number of nitrogens with zero attached hydrogens (tertiary/aromatic N) is 1. The molecule has 0 bridgehead atoms. The average Bonchev–Trinajstić information content (AvgIpc) is 3.11. The molecular formula is C22H20N2O2. The van der Waals surface area contributed by atoms with Gasteiger partial charge in [-0.15, -0.1) is 0 Å². The molecular weight excluding hydrogens is 324 g/mol. The third-order valence-electron chi connectivity index (χ3n) is 4.36. The Morgan fingerprint density at radius 1 is 0.962 bits per heavy atom. The zero-order chi connectivity index (χ0) is 17.9. The molecule has 26 heavy (non-hydrogen) atoms. The number of aromatic amines is 1. The van der Waals surface area contributed by atoms with Crippen molar-refractivity contribution in [2.24, 2.45) is 0 Å². The molecule has 0 unspecified atom stereocenters. The van der Waals surface area contributed by atoms with Crippen LogP contribution in [0.3, 0.4) is 0 Å². The third-order valence-corrected chi connectivity index (χ3v) is 4.36. The Labute approximate surface area is 152 Å². The van der Waals surface area contributed by atoms with Crippen molar-refractivity contribution in [2.45, 2.75) is 13.5 Å². The van der Waals surface area contributed by atoms with Gasteiger partial charge in [0.25, 0.3) is 0 Å². The van der Waals surface area contributed by atoms with Crippen LogP contribution in [-0.2, 0) is 6.61 Å². The highest BCUT2D eigenvalue weighted by atomic mass is 16.5. The molecule has 4 rings (SSSR count). The maximum atomic E-state index is 5.93. The molecule has 0 aliphatic rings. The van der Waals surface area contributed by atoms with Crippen LogP contribution in [0, 0.1) is 6.92 Å². The zero-order valence-corrected chi connectivity index (χ0v) is 14.8. The van der Waals surface area contributed by atoms with Gasteiger partial charge in [0.05, 0.1) is 18.1 Å². The molecule has 4 nitrogen and oxygen atoms in total. The Morgan fingerprint density at radius 2 is 1.77 bits per heavy atom. The van der Waals surface area contributed by atoms with Crippen LogP contribution in [0.1, 0.15) is 11.1 Å². The van der Waals surface area contributed by atoms with Crippen molar-refractivity contribution in [2.75, 3.05) is 7.11 Å². The summed E-state index contributed by atoms with van der Waals surface area (Å²) in [4.78, 5) is 8.03. The van der Waals surface area contributed by atoms with E-state index in [-0.39, 0.29) is 0 Å². The minimum Gasteiger partial charge on any atom is -0.496 e. The monoisotopic (exact) mass is 344 g/mol. The molecule has 0 fully saturated rings. The number of aryl methyl sites for hydroxylation is 1. The molecule has 0 amide bonds. The second kappa shape index (κ2) is 6.92. The van der Waals surface area contributed by atoms with Crippen LogP contribution in [-0.4, -0.2) is 17.1 Å². The second-order valence-electron chi connectivity index (χ2n) is 6.23. The maximum absolute atomic E-state index is 5.93. The number of methoxy groups -OCH3 is 1. The number of ether oxygens (including phenoxy) is 2. The van der Waals surface area contributed by atoms with Crippen LogP contribution in [0.4, 0.5) is 0 Å². The molecule has 1 aromatic heterocycles. The standard InChI is InChI=1S/C22H20N2O2/c1-15-7-10-18(11-8-15)26-14-17-13-16(9-12-21(17)25-2)22-23-19-5-3-4-6-20(19)24-22/h3-13H,14H2,1-2H3,(H,23,24). The van der Waals surface area contributed by atoms with Crippen LogP contribution < -0.4 is 9.47 Å². The fraction of sp³-hybridized carbons (Fsp3) is 0.136. The number of nitrogens with one attached hydrogen (secondary N) is 1. The molecule has 0 saturated carbocycles. The first-order valence-corrected chi connectivity index (χ1v) is 8.54. The Balaban J connectivity index is 1.63. The van der Waals surface area contributed by atoms with E-state index in [1.807, 2.05) is 60.7 Å². The summed E-state index contributed by atoms with van der Waals surface area (Å²) < 4.78 is 11.4. The van der Waals surface area contributed by atoms with Crippen molar-refractivity contribution in [1.29, 1.82) is 0 Å². The summed E-state index contributed by atoms with van der Waals surface area (Å²) in [5.41, 5.74) is 5.17. The average molecular weight is 344 g/mol. The van der Waals surface area contributed by atoms with Crippen LogP contribution in [0.25, 0.3) is 22.4 Å². The minimum atomic E-state index is 0.431. The predicted molar refractivity (Wildman–Crippen MR) is 104 cm³/mol. The van der Waals surface area contributed by atoms with Gasteiger partial charge < -0.3 is 14.5 Å². The van der Waals surface area contributed by atoms with Crippen LogP contribution in [0.15, 0.2) is 66.7 Å². The van der Waals surface area contributed by atoms with Gasteiger partial charge >= 0.3 is 0 Å². The lowest BCUT2D eigenvalue weighted by Gasteiger charge is -2.12. The molecule has 130 valence electrons. The van der Waals surface area contributed by atoms with Gasteiger partial charge in [0.15, 0.2) is 0 Å². The fourth-order valence-corrected chi connectivity index (χ4v) is 2.92. The normalized spacial score (nSPS) is 10.8. The van der Waals surface area contributed by atoms with E-state index in [0.717, 1.165) is 39.5 Å². The number of rotatable bonds is 5. The lowest BCUT2D eigenvalue weighted by molar-refractivity contribution is 0.296. The van der Waals surface area contributed by atoms with E-state index in [4.69, 9.17) is 9.47 Å². The predicted octanol–water partition coefficient (Wildman–Crippen LogP) is 5.13. The summed E-state index contributed by atoms with van der Waals surface area (Å²) in [6.07, 6.45) is 0. The topological polar surface area (TPSA) is 47.1 Å². The summed E-state index contributed by atoms with van der Waals surface area (Å²) in [6, 6.07) is 22.1. The highest BCUT2D eigenvalue weighted by Crippen LogP contribution is 2.27. The van der Waals surface area contributed by atoms with Crippen LogP contribution in [0.2, 0.25) is 0 Å². The maximum Gasteiger partial charge on any atom is 0.138 e. The molecule has 0 spiro atoms. The van der Waals surface area contributed by atoms with Gasteiger partial charge in [-0.25, -0.2) is 4.98 Å². The minimum absolute atomic E-state index is 0.431. The Hall–Kier alpha value is -3.27. The first kappa shape index (κ1) is 16.2. The zero-order valence-electron chi connectivity index (χ0n) is 14.8. The summed E-state index contributed by atoms with van der Waals surface area (Å²) in [5.74, 6) is 2.48. The number of H-pyrrole nitrogens is 1. The van der Waals surface area contributed by atoms with Gasteiger partial charge in [0.2, 0.25) is 0 Å². The molecule has 3 aromatic carbocycles. The van der Waals surface area contributed by atoms with Gasteiger partial charge in [-0.05, 0) is 49.4 Å². The van der Waals surface area contributed by atoms with E-state index >= 15 is 0 Å². The summed E-state index contributed by atoms with van der Waals surface area (Å²) in [6.45, 7) is 2.49. The first-order valence-electron chi connectivity index (χ1n) is 8.54. The van der Waals surface area contributed by atoms with Crippen LogP contribution >= 0.6 is 0 Å². The Kier molecular flexibility index (Phi) is 4.32. The van der Waals surface area contributed by atoms with Crippen molar-refractivity contribution in [3.63, 3.8) is 0 Å². The van der Waals surface area contributed by atoms with E-state index in [1.165, 1.54) is 5.56 Å². The molecule has 4 aromatic rings. The Morgan fingerprint density at radius 3 is 2.54 bits per heavy atom. The lowest BCUT2D eigenvalue weighted by Crippen LogP contribution is -1.99. The molecule has 0 radical (unpaired) electrons. The molecule has 4 heteroatoms. The lowest BCUT2D eigenvalue weighted by atomic mass is 10.1. The van der Waals surface area contributed by atoms with E-state index in [0.29, 0.717) is 6.61 Å². The number of hydrogen-bond acceptors (Lipinski definition) is 3. The highest BCUT2D eigenvalue weighted by molar-refractivity contribution is 5.79. The quantitative estimate of drug-likeness (QED) is 0.546. The molecule has 0 aliphatic carbocycles. The number of para-hydroxylation sites is 2. The van der Waals surface area contributed by atoms with E-state index in [2.05, 4.69) is 23.0 Å². The van der Waals surface area contributed by atoms with Gasteiger partial charge in [-0.3, -0.25) is 0 Å². The van der Waals surface area contributed by atoms with Crippen molar-refractivity contribution in [3.8, 4) is 22.9 Å². The number of hydrogen-bond donors (Lipinski definition) is 1. The smallest absolute Gasteiger partial charge is 0.138 e. The first-order chi connectivity index (χ1) is 12.7. The number of fused-ring (bicyclic) bond motifs is 1. The summed E-state index contributed by atoms with van der Waals surface area (Å²) in [5, 5.41) is 0. The van der Waals surface area contributed by atoms with Crippen molar-refractivity contribution >= 4 is 11.0 Å². The number of imidazole rings is 1. The van der Waals surface area contributed by atoms with Gasteiger partial charge in [-0.2, -0.15) is 0 Å². The fourth-order valence-electron chi connectivity index (χ4n) is 2.92. The molecule has 0 saturated heterocycles. The van der Waals surface area contributed by atoms with Gasteiger partial charge in [0.1, 0.15) is 23.9 Å². The van der Waals surface area contributed by atoms with Crippen molar-refractivity contribution in [3.05, 3.63) is 77.9 Å².